The van der Waals surface area contributed by atoms with Gasteiger partial charge in [0.1, 0.15) is 0 Å². The number of pyridine rings is 1. The Labute approximate surface area is 80.2 Å². The molecule has 0 spiro atoms. The van der Waals surface area contributed by atoms with Crippen LogP contribution in [0.5, 0.6) is 0 Å². The van der Waals surface area contributed by atoms with Gasteiger partial charge in [-0.3, -0.25) is 0 Å². The van der Waals surface area contributed by atoms with Gasteiger partial charge in [-0.05, 0) is 24.3 Å². The van der Waals surface area contributed by atoms with E-state index in [2.05, 4.69) is 9.97 Å². The molecule has 0 radical (unpaired) electrons. The van der Waals surface area contributed by atoms with E-state index in [0.29, 0.717) is 5.56 Å². The van der Waals surface area contributed by atoms with Gasteiger partial charge >= 0.3 is 5.97 Å². The Morgan fingerprint density at radius 1 is 1.36 bits per heavy atom. The lowest BCUT2D eigenvalue weighted by Gasteiger charge is -2.01. The van der Waals surface area contributed by atoms with Gasteiger partial charge in [-0.1, -0.05) is 0 Å². The Hall–Kier alpha value is -2.10. The number of hydrogen-bond donors (Lipinski definition) is 2. The number of carboxylic acid groups (broad SMARTS) is 1. The number of H-pyrrole nitrogens is 1. The fraction of sp³-hybridized carbons (Fsp3) is 0. The number of aromatic carboxylic acids is 1. The summed E-state index contributed by atoms with van der Waals surface area (Å²) in [5.74, 6) is -1.02. The molecule has 0 aliphatic rings. The van der Waals surface area contributed by atoms with E-state index in [1.807, 2.05) is 12.1 Å². The predicted molar refractivity (Wildman–Crippen MR) is 51.0 cm³/mol. The van der Waals surface area contributed by atoms with Gasteiger partial charge in [0.25, 0.3) is 0 Å². The number of nitrogens with zero attached hydrogens (tertiary/aromatic N) is 1. The molecule has 2 heterocycles. The fourth-order valence-electron chi connectivity index (χ4n) is 1.29. The molecule has 0 unspecified atom stereocenters. The number of hydrogen-bond acceptors (Lipinski definition) is 2. The Balaban J connectivity index is 2.58. The van der Waals surface area contributed by atoms with Crippen LogP contribution in [0.3, 0.4) is 0 Å². The van der Waals surface area contributed by atoms with Crippen LogP contribution in [0.25, 0.3) is 11.3 Å². The molecule has 2 N–H and O–H groups in total. The third-order valence-corrected chi connectivity index (χ3v) is 1.90. The second-order valence-electron chi connectivity index (χ2n) is 2.79. The summed E-state index contributed by atoms with van der Waals surface area (Å²) in [5.41, 5.74) is 1.43. The van der Waals surface area contributed by atoms with E-state index < -0.39 is 5.97 Å². The van der Waals surface area contributed by atoms with Crippen molar-refractivity contribution in [3.8, 4) is 11.3 Å². The maximum absolute atomic E-state index is 10.8. The van der Waals surface area contributed by atoms with Gasteiger partial charge in [-0.15, -0.1) is 0 Å². The summed E-state index contributed by atoms with van der Waals surface area (Å²) in [5, 5.41) is 8.89. The SMILES string of the molecule is O=C(O)c1ncccc1-c1ccc[nH]1. The third-order valence-electron chi connectivity index (χ3n) is 1.90. The Morgan fingerprint density at radius 3 is 2.86 bits per heavy atom. The van der Waals surface area contributed by atoms with Crippen LogP contribution >= 0.6 is 0 Å². The minimum atomic E-state index is -1.02. The van der Waals surface area contributed by atoms with Crippen LogP contribution in [-0.4, -0.2) is 21.0 Å². The van der Waals surface area contributed by atoms with Gasteiger partial charge in [0.2, 0.25) is 0 Å². The topological polar surface area (TPSA) is 66.0 Å². The van der Waals surface area contributed by atoms with Gasteiger partial charge in [0.05, 0.1) is 0 Å². The first-order valence-corrected chi connectivity index (χ1v) is 4.11. The average molecular weight is 188 g/mol. The molecular formula is C10H8N2O2. The zero-order valence-electron chi connectivity index (χ0n) is 7.27. The van der Waals surface area contributed by atoms with Crippen LogP contribution in [0, 0.1) is 0 Å². The second-order valence-corrected chi connectivity index (χ2v) is 2.79. The van der Waals surface area contributed by atoms with Crippen molar-refractivity contribution in [1.82, 2.24) is 9.97 Å². The minimum Gasteiger partial charge on any atom is -0.476 e. The number of carboxylic acids is 1. The average Bonchev–Trinajstić information content (AvgIpc) is 2.70. The first-order chi connectivity index (χ1) is 6.79. The van der Waals surface area contributed by atoms with Crippen molar-refractivity contribution in [3.05, 3.63) is 42.4 Å². The predicted octanol–water partition coefficient (Wildman–Crippen LogP) is 1.77. The molecule has 0 aromatic carbocycles. The molecule has 0 fully saturated rings. The van der Waals surface area contributed by atoms with Crippen LogP contribution in [0.15, 0.2) is 36.7 Å². The van der Waals surface area contributed by atoms with E-state index in [-0.39, 0.29) is 5.69 Å². The zero-order chi connectivity index (χ0) is 9.97. The molecule has 2 aromatic rings. The standard InChI is InChI=1S/C10H8N2O2/c13-10(14)9-7(3-1-6-12-9)8-4-2-5-11-8/h1-6,11H,(H,13,14). The fourth-order valence-corrected chi connectivity index (χ4v) is 1.29. The van der Waals surface area contributed by atoms with E-state index in [1.165, 1.54) is 6.20 Å². The molecule has 2 aromatic heterocycles. The number of rotatable bonds is 2. The van der Waals surface area contributed by atoms with E-state index >= 15 is 0 Å². The lowest BCUT2D eigenvalue weighted by atomic mass is 10.1. The molecule has 0 aliphatic heterocycles. The van der Waals surface area contributed by atoms with E-state index in [0.717, 1.165) is 5.69 Å². The lowest BCUT2D eigenvalue weighted by molar-refractivity contribution is 0.0691. The van der Waals surface area contributed by atoms with Crippen molar-refractivity contribution in [2.24, 2.45) is 0 Å². The highest BCUT2D eigenvalue weighted by Gasteiger charge is 2.12. The van der Waals surface area contributed by atoms with Crippen LogP contribution in [-0.2, 0) is 0 Å². The highest BCUT2D eigenvalue weighted by molar-refractivity contribution is 5.93. The van der Waals surface area contributed by atoms with Gasteiger partial charge in [-0.25, -0.2) is 9.78 Å². The normalized spacial score (nSPS) is 10.0. The quantitative estimate of drug-likeness (QED) is 0.754. The van der Waals surface area contributed by atoms with Crippen molar-refractivity contribution in [3.63, 3.8) is 0 Å². The first-order valence-electron chi connectivity index (χ1n) is 4.11. The molecule has 0 saturated carbocycles. The molecule has 0 atom stereocenters. The first kappa shape index (κ1) is 8.50. The van der Waals surface area contributed by atoms with Crippen molar-refractivity contribution in [1.29, 1.82) is 0 Å². The van der Waals surface area contributed by atoms with Crippen LogP contribution < -0.4 is 0 Å². The van der Waals surface area contributed by atoms with Crippen LogP contribution in [0.2, 0.25) is 0 Å². The van der Waals surface area contributed by atoms with Gasteiger partial charge in [-0.2, -0.15) is 0 Å². The molecule has 4 nitrogen and oxygen atoms in total. The summed E-state index contributed by atoms with van der Waals surface area (Å²) in [7, 11) is 0. The smallest absolute Gasteiger partial charge is 0.355 e. The highest BCUT2D eigenvalue weighted by atomic mass is 16.4. The van der Waals surface area contributed by atoms with Gasteiger partial charge in [0.15, 0.2) is 5.69 Å². The summed E-state index contributed by atoms with van der Waals surface area (Å²) in [6.07, 6.45) is 3.21. The Bertz CT molecular complexity index is 449. The minimum absolute atomic E-state index is 0.0648. The van der Waals surface area contributed by atoms with Crippen molar-refractivity contribution >= 4 is 5.97 Å². The largest absolute Gasteiger partial charge is 0.476 e. The van der Waals surface area contributed by atoms with Crippen LogP contribution in [0.1, 0.15) is 10.5 Å². The molecular weight excluding hydrogens is 180 g/mol. The van der Waals surface area contributed by atoms with E-state index in [1.54, 1.807) is 18.3 Å². The summed E-state index contributed by atoms with van der Waals surface area (Å²) in [6.45, 7) is 0. The second kappa shape index (κ2) is 3.33. The number of nitrogens with one attached hydrogen (secondary N) is 1. The maximum Gasteiger partial charge on any atom is 0.355 e. The van der Waals surface area contributed by atoms with Gasteiger partial charge in [0, 0.05) is 23.7 Å². The molecule has 70 valence electrons. The zero-order valence-corrected chi connectivity index (χ0v) is 7.27. The summed E-state index contributed by atoms with van der Waals surface area (Å²) < 4.78 is 0. The molecule has 0 bridgehead atoms. The molecule has 4 heteroatoms. The number of aromatic amines is 1. The van der Waals surface area contributed by atoms with Crippen molar-refractivity contribution in [2.75, 3.05) is 0 Å². The summed E-state index contributed by atoms with van der Waals surface area (Å²) in [6, 6.07) is 7.06. The number of carbonyl (C=O) groups is 1. The van der Waals surface area contributed by atoms with Crippen LogP contribution in [0.4, 0.5) is 0 Å². The molecule has 0 saturated heterocycles. The molecule has 2 rings (SSSR count). The van der Waals surface area contributed by atoms with E-state index in [9.17, 15) is 4.79 Å². The lowest BCUT2D eigenvalue weighted by Crippen LogP contribution is -2.02. The summed E-state index contributed by atoms with van der Waals surface area (Å²) >= 11 is 0. The van der Waals surface area contributed by atoms with E-state index in [4.69, 9.17) is 5.11 Å². The Kier molecular flexibility index (Phi) is 2.02. The van der Waals surface area contributed by atoms with Gasteiger partial charge < -0.3 is 10.1 Å². The third kappa shape index (κ3) is 1.37. The summed E-state index contributed by atoms with van der Waals surface area (Å²) in [4.78, 5) is 17.6. The highest BCUT2D eigenvalue weighted by Crippen LogP contribution is 2.19. The molecule has 0 aliphatic carbocycles. The Morgan fingerprint density at radius 2 is 2.21 bits per heavy atom. The van der Waals surface area contributed by atoms with Crippen molar-refractivity contribution in [2.45, 2.75) is 0 Å². The maximum atomic E-state index is 10.8. The molecule has 14 heavy (non-hydrogen) atoms. The van der Waals surface area contributed by atoms with Crippen molar-refractivity contribution < 1.29 is 9.90 Å². The number of aromatic nitrogens is 2. The molecule has 0 amide bonds. The monoisotopic (exact) mass is 188 g/mol.